The maximum absolute atomic E-state index is 11.8. The van der Waals surface area contributed by atoms with E-state index in [0.29, 0.717) is 12.5 Å². The Morgan fingerprint density at radius 3 is 2.79 bits per heavy atom. The van der Waals surface area contributed by atoms with Crippen molar-refractivity contribution in [1.29, 1.82) is 0 Å². The van der Waals surface area contributed by atoms with Crippen LogP contribution in [0.4, 0.5) is 19.1 Å². The Morgan fingerprint density at radius 2 is 2.21 bits per heavy atom. The third-order valence-electron chi connectivity index (χ3n) is 1.80. The molecule has 0 aliphatic heterocycles. The SMILES string of the molecule is CNc1nccn1CCCC(F)(F)F. The summed E-state index contributed by atoms with van der Waals surface area (Å²) >= 11 is 0. The summed E-state index contributed by atoms with van der Waals surface area (Å²) in [5, 5.41) is 2.79. The molecule has 0 saturated heterocycles. The summed E-state index contributed by atoms with van der Waals surface area (Å²) in [4.78, 5) is 3.92. The van der Waals surface area contributed by atoms with Crippen molar-refractivity contribution in [3.8, 4) is 0 Å². The van der Waals surface area contributed by atoms with Crippen molar-refractivity contribution in [2.45, 2.75) is 25.6 Å². The highest BCUT2D eigenvalue weighted by atomic mass is 19.4. The minimum atomic E-state index is -4.07. The van der Waals surface area contributed by atoms with Crippen LogP contribution in [-0.2, 0) is 6.54 Å². The van der Waals surface area contributed by atoms with Crippen LogP contribution in [0.3, 0.4) is 0 Å². The molecule has 0 radical (unpaired) electrons. The molecule has 0 amide bonds. The van der Waals surface area contributed by atoms with Gasteiger partial charge in [-0.15, -0.1) is 0 Å². The van der Waals surface area contributed by atoms with Gasteiger partial charge >= 0.3 is 6.18 Å². The second-order valence-corrected chi connectivity index (χ2v) is 2.91. The van der Waals surface area contributed by atoms with Crippen molar-refractivity contribution in [3.05, 3.63) is 12.4 Å². The Kier molecular flexibility index (Phi) is 3.38. The van der Waals surface area contributed by atoms with E-state index in [-0.39, 0.29) is 6.42 Å². The van der Waals surface area contributed by atoms with E-state index >= 15 is 0 Å². The van der Waals surface area contributed by atoms with E-state index < -0.39 is 12.6 Å². The number of hydrogen-bond donors (Lipinski definition) is 1. The molecule has 3 nitrogen and oxygen atoms in total. The zero-order valence-electron chi connectivity index (χ0n) is 7.80. The number of aromatic nitrogens is 2. The van der Waals surface area contributed by atoms with Gasteiger partial charge in [0.15, 0.2) is 0 Å². The number of nitrogens with one attached hydrogen (secondary N) is 1. The summed E-state index contributed by atoms with van der Waals surface area (Å²) in [6.07, 6.45) is -1.54. The third-order valence-corrected chi connectivity index (χ3v) is 1.80. The zero-order chi connectivity index (χ0) is 10.6. The lowest BCUT2D eigenvalue weighted by Crippen LogP contribution is -2.10. The van der Waals surface area contributed by atoms with Crippen molar-refractivity contribution >= 4 is 5.95 Å². The molecule has 1 rings (SSSR count). The normalized spacial score (nSPS) is 11.7. The van der Waals surface area contributed by atoms with Crippen LogP contribution in [0.15, 0.2) is 12.4 Å². The fraction of sp³-hybridized carbons (Fsp3) is 0.625. The van der Waals surface area contributed by atoms with E-state index in [1.807, 2.05) is 0 Å². The number of rotatable bonds is 4. The molecule has 0 bridgehead atoms. The maximum atomic E-state index is 11.8. The molecule has 0 fully saturated rings. The Balaban J connectivity index is 2.38. The van der Waals surface area contributed by atoms with Gasteiger partial charge in [-0.2, -0.15) is 13.2 Å². The number of imidazole rings is 1. The van der Waals surface area contributed by atoms with Gasteiger partial charge in [0, 0.05) is 32.4 Å². The molecule has 1 aromatic rings. The molecule has 1 aromatic heterocycles. The van der Waals surface area contributed by atoms with E-state index in [1.54, 1.807) is 24.0 Å². The van der Waals surface area contributed by atoms with Crippen LogP contribution in [0.1, 0.15) is 12.8 Å². The molecule has 0 aromatic carbocycles. The fourth-order valence-electron chi connectivity index (χ4n) is 1.17. The molecule has 1 heterocycles. The number of hydrogen-bond acceptors (Lipinski definition) is 2. The number of halogens is 3. The fourth-order valence-corrected chi connectivity index (χ4v) is 1.17. The Morgan fingerprint density at radius 1 is 1.50 bits per heavy atom. The average molecular weight is 207 g/mol. The summed E-state index contributed by atoms with van der Waals surface area (Å²) in [6.45, 7) is 0.329. The van der Waals surface area contributed by atoms with Gasteiger partial charge in [0.05, 0.1) is 0 Å². The van der Waals surface area contributed by atoms with Gasteiger partial charge in [-0.25, -0.2) is 4.98 Å². The van der Waals surface area contributed by atoms with Gasteiger partial charge in [0.2, 0.25) is 5.95 Å². The first kappa shape index (κ1) is 10.9. The first-order chi connectivity index (χ1) is 6.53. The van der Waals surface area contributed by atoms with E-state index in [4.69, 9.17) is 0 Å². The van der Waals surface area contributed by atoms with E-state index in [9.17, 15) is 13.2 Å². The summed E-state index contributed by atoms with van der Waals surface area (Å²) in [5.74, 6) is 0.590. The molecule has 1 N–H and O–H groups in total. The summed E-state index contributed by atoms with van der Waals surface area (Å²) in [7, 11) is 1.68. The lowest BCUT2D eigenvalue weighted by Gasteiger charge is -2.08. The smallest absolute Gasteiger partial charge is 0.359 e. The molecule has 0 saturated carbocycles. The molecule has 0 atom stereocenters. The monoisotopic (exact) mass is 207 g/mol. The second kappa shape index (κ2) is 4.34. The molecule has 14 heavy (non-hydrogen) atoms. The van der Waals surface area contributed by atoms with Crippen LogP contribution < -0.4 is 5.32 Å². The number of nitrogens with zero attached hydrogens (tertiary/aromatic N) is 2. The highest BCUT2D eigenvalue weighted by Gasteiger charge is 2.26. The molecule has 0 aliphatic rings. The van der Waals surface area contributed by atoms with Gasteiger partial charge in [0.25, 0.3) is 0 Å². The minimum absolute atomic E-state index is 0.0779. The molecule has 80 valence electrons. The van der Waals surface area contributed by atoms with Crippen LogP contribution >= 0.6 is 0 Å². The quantitative estimate of drug-likeness (QED) is 0.820. The zero-order valence-corrected chi connectivity index (χ0v) is 7.80. The van der Waals surface area contributed by atoms with Gasteiger partial charge in [-0.1, -0.05) is 0 Å². The topological polar surface area (TPSA) is 29.9 Å². The van der Waals surface area contributed by atoms with Crippen LogP contribution in [0.5, 0.6) is 0 Å². The Bertz CT molecular complexity index is 280. The standard InChI is InChI=1S/C8H12F3N3/c1-12-7-13-4-6-14(7)5-2-3-8(9,10)11/h4,6H,2-3,5H2,1H3,(H,12,13). The lowest BCUT2D eigenvalue weighted by atomic mass is 10.3. The van der Waals surface area contributed by atoms with Gasteiger partial charge in [0.1, 0.15) is 0 Å². The first-order valence-corrected chi connectivity index (χ1v) is 4.28. The Hall–Kier alpha value is -1.20. The molecule has 0 unspecified atom stereocenters. The van der Waals surface area contributed by atoms with Crippen LogP contribution in [0.2, 0.25) is 0 Å². The van der Waals surface area contributed by atoms with Crippen molar-refractivity contribution in [3.63, 3.8) is 0 Å². The Labute approximate surface area is 79.9 Å². The summed E-state index contributed by atoms with van der Waals surface area (Å²) < 4.78 is 37.1. The van der Waals surface area contributed by atoms with E-state index in [2.05, 4.69) is 10.3 Å². The molecule has 0 spiro atoms. The van der Waals surface area contributed by atoms with E-state index in [0.717, 1.165) is 0 Å². The lowest BCUT2D eigenvalue weighted by molar-refractivity contribution is -0.135. The van der Waals surface area contributed by atoms with Crippen LogP contribution in [-0.4, -0.2) is 22.8 Å². The van der Waals surface area contributed by atoms with Gasteiger partial charge < -0.3 is 9.88 Å². The summed E-state index contributed by atoms with van der Waals surface area (Å²) in [6, 6.07) is 0. The van der Waals surface area contributed by atoms with Crippen molar-refractivity contribution < 1.29 is 13.2 Å². The predicted octanol–water partition coefficient (Wildman–Crippen LogP) is 2.27. The highest BCUT2D eigenvalue weighted by Crippen LogP contribution is 2.21. The molecular formula is C8H12F3N3. The van der Waals surface area contributed by atoms with Gasteiger partial charge in [-0.3, -0.25) is 0 Å². The first-order valence-electron chi connectivity index (χ1n) is 4.28. The maximum Gasteiger partial charge on any atom is 0.389 e. The largest absolute Gasteiger partial charge is 0.389 e. The molecular weight excluding hydrogens is 195 g/mol. The molecule has 0 aliphatic carbocycles. The van der Waals surface area contributed by atoms with Crippen LogP contribution in [0, 0.1) is 0 Å². The average Bonchev–Trinajstić information content (AvgIpc) is 2.49. The predicted molar refractivity (Wildman–Crippen MR) is 47.1 cm³/mol. The minimum Gasteiger partial charge on any atom is -0.359 e. The van der Waals surface area contributed by atoms with Crippen molar-refractivity contribution in [2.75, 3.05) is 12.4 Å². The second-order valence-electron chi connectivity index (χ2n) is 2.91. The van der Waals surface area contributed by atoms with E-state index in [1.165, 1.54) is 0 Å². The summed E-state index contributed by atoms with van der Waals surface area (Å²) in [5.41, 5.74) is 0. The number of aryl methyl sites for hydroxylation is 1. The van der Waals surface area contributed by atoms with Gasteiger partial charge in [-0.05, 0) is 6.42 Å². The number of anilines is 1. The van der Waals surface area contributed by atoms with Crippen molar-refractivity contribution in [1.82, 2.24) is 9.55 Å². The third kappa shape index (κ3) is 3.27. The van der Waals surface area contributed by atoms with Crippen LogP contribution in [0.25, 0.3) is 0 Å². The van der Waals surface area contributed by atoms with Crippen molar-refractivity contribution in [2.24, 2.45) is 0 Å². The number of alkyl halides is 3. The molecule has 6 heteroatoms. The highest BCUT2D eigenvalue weighted by molar-refractivity contribution is 5.23.